The minimum atomic E-state index is -1.05. The van der Waals surface area contributed by atoms with Crippen molar-refractivity contribution < 1.29 is 19.5 Å². The Balaban J connectivity index is 2.78. The Bertz CT molecular complexity index is 404. The van der Waals surface area contributed by atoms with Crippen LogP contribution in [-0.4, -0.2) is 25.7 Å². The maximum atomic E-state index is 10.7. The lowest BCUT2D eigenvalue weighted by molar-refractivity contribution is -0.902. The van der Waals surface area contributed by atoms with E-state index >= 15 is 0 Å². The molecule has 0 saturated carbocycles. The molecule has 0 aliphatic heterocycles. The summed E-state index contributed by atoms with van der Waals surface area (Å²) in [4.78, 5) is 11.6. The van der Waals surface area contributed by atoms with Crippen molar-refractivity contribution in [3.05, 3.63) is 42.5 Å². The highest BCUT2D eigenvalue weighted by molar-refractivity contribution is 5.65. The van der Waals surface area contributed by atoms with Crippen LogP contribution in [-0.2, 0) is 11.3 Å². The van der Waals surface area contributed by atoms with E-state index in [4.69, 9.17) is 4.74 Å². The molecule has 0 fully saturated rings. The van der Waals surface area contributed by atoms with Gasteiger partial charge in [0, 0.05) is 5.56 Å². The molecule has 0 aliphatic carbocycles. The Morgan fingerprint density at radius 3 is 2.83 bits per heavy atom. The third kappa shape index (κ3) is 4.59. The average Bonchev–Trinajstić information content (AvgIpc) is 2.31. The molecule has 0 radical (unpaired) electrons. The van der Waals surface area contributed by atoms with E-state index in [-0.39, 0.29) is 6.54 Å². The molecule has 0 saturated heterocycles. The number of benzene rings is 1. The van der Waals surface area contributed by atoms with E-state index in [1.54, 1.807) is 6.08 Å². The zero-order chi connectivity index (χ0) is 13.4. The van der Waals surface area contributed by atoms with Gasteiger partial charge in [-0.2, -0.15) is 0 Å². The van der Waals surface area contributed by atoms with Crippen LogP contribution in [0.15, 0.2) is 36.9 Å². The lowest BCUT2D eigenvalue weighted by Gasteiger charge is -2.19. The van der Waals surface area contributed by atoms with Crippen molar-refractivity contribution >= 4 is 5.97 Å². The Kier molecular flexibility index (Phi) is 5.94. The highest BCUT2D eigenvalue weighted by Crippen LogP contribution is 2.16. The summed E-state index contributed by atoms with van der Waals surface area (Å²) in [6, 6.07) is 7.66. The summed E-state index contributed by atoms with van der Waals surface area (Å²) in [5, 5.41) is 10.7. The molecule has 1 aromatic carbocycles. The quantitative estimate of drug-likeness (QED) is 0.626. The number of aliphatic carboxylic acids is 1. The van der Waals surface area contributed by atoms with Gasteiger partial charge in [0.15, 0.2) is 0 Å². The average molecular weight is 249 g/mol. The SMILES string of the molecule is C=CC[NH+](CC(=O)[O-])Cc1ccccc1OCC. The number of para-hydroxylation sites is 1. The third-order valence-electron chi connectivity index (χ3n) is 2.54. The Labute approximate surface area is 107 Å². The van der Waals surface area contributed by atoms with Crippen LogP contribution in [0, 0.1) is 0 Å². The molecule has 0 heterocycles. The molecule has 0 bridgehead atoms. The van der Waals surface area contributed by atoms with E-state index in [1.807, 2.05) is 31.2 Å². The van der Waals surface area contributed by atoms with Gasteiger partial charge in [0.2, 0.25) is 0 Å². The molecule has 1 atom stereocenters. The Morgan fingerprint density at radius 1 is 1.50 bits per heavy atom. The predicted molar refractivity (Wildman–Crippen MR) is 67.2 cm³/mol. The predicted octanol–water partition coefficient (Wildman–Crippen LogP) is -0.594. The van der Waals surface area contributed by atoms with E-state index in [0.29, 0.717) is 19.7 Å². The van der Waals surface area contributed by atoms with Gasteiger partial charge in [0.1, 0.15) is 18.8 Å². The van der Waals surface area contributed by atoms with Crippen LogP contribution in [0.5, 0.6) is 5.75 Å². The molecular formula is C14H19NO3. The number of hydrogen-bond donors (Lipinski definition) is 1. The molecule has 1 unspecified atom stereocenters. The molecule has 1 N–H and O–H groups in total. The van der Waals surface area contributed by atoms with Gasteiger partial charge >= 0.3 is 0 Å². The van der Waals surface area contributed by atoms with E-state index in [1.165, 1.54) is 0 Å². The van der Waals surface area contributed by atoms with Gasteiger partial charge in [-0.25, -0.2) is 0 Å². The standard InChI is InChI=1S/C14H19NO3/c1-3-9-15(11-14(16)17)10-12-7-5-6-8-13(12)18-4-2/h3,5-8H,1,4,9-11H2,2H3,(H,16,17). The maximum Gasteiger partial charge on any atom is 0.128 e. The van der Waals surface area contributed by atoms with E-state index in [2.05, 4.69) is 6.58 Å². The van der Waals surface area contributed by atoms with E-state index < -0.39 is 5.97 Å². The molecule has 4 nitrogen and oxygen atoms in total. The fraction of sp³-hybridized carbons (Fsp3) is 0.357. The maximum absolute atomic E-state index is 10.7. The van der Waals surface area contributed by atoms with Gasteiger partial charge in [0.05, 0.1) is 19.1 Å². The van der Waals surface area contributed by atoms with Crippen molar-refractivity contribution in [3.63, 3.8) is 0 Å². The Morgan fingerprint density at radius 2 is 2.22 bits per heavy atom. The minimum Gasteiger partial charge on any atom is -0.544 e. The van der Waals surface area contributed by atoms with Crippen molar-refractivity contribution in [1.29, 1.82) is 0 Å². The van der Waals surface area contributed by atoms with Gasteiger partial charge in [-0.1, -0.05) is 18.7 Å². The van der Waals surface area contributed by atoms with Crippen molar-refractivity contribution in [1.82, 2.24) is 0 Å². The van der Waals surface area contributed by atoms with Crippen LogP contribution in [0.25, 0.3) is 0 Å². The van der Waals surface area contributed by atoms with Crippen LogP contribution in [0.4, 0.5) is 0 Å². The summed E-state index contributed by atoms with van der Waals surface area (Å²) in [5.74, 6) is -0.249. The molecule has 18 heavy (non-hydrogen) atoms. The van der Waals surface area contributed by atoms with Crippen molar-refractivity contribution in [3.8, 4) is 5.75 Å². The molecule has 4 heteroatoms. The highest BCUT2D eigenvalue weighted by Gasteiger charge is 2.11. The fourth-order valence-electron chi connectivity index (χ4n) is 1.83. The number of hydrogen-bond acceptors (Lipinski definition) is 3. The van der Waals surface area contributed by atoms with Crippen molar-refractivity contribution in [2.75, 3.05) is 19.7 Å². The Hall–Kier alpha value is -1.81. The molecule has 98 valence electrons. The number of ether oxygens (including phenoxy) is 1. The van der Waals surface area contributed by atoms with Gasteiger partial charge in [-0.15, -0.1) is 0 Å². The van der Waals surface area contributed by atoms with Crippen LogP contribution >= 0.6 is 0 Å². The van der Waals surface area contributed by atoms with Crippen molar-refractivity contribution in [2.45, 2.75) is 13.5 Å². The van der Waals surface area contributed by atoms with Crippen LogP contribution < -0.4 is 14.7 Å². The number of rotatable bonds is 8. The first-order valence-electron chi connectivity index (χ1n) is 6.02. The number of carboxylic acid groups (broad SMARTS) is 1. The molecule has 0 aliphatic rings. The fourth-order valence-corrected chi connectivity index (χ4v) is 1.83. The van der Waals surface area contributed by atoms with E-state index in [9.17, 15) is 9.90 Å². The summed E-state index contributed by atoms with van der Waals surface area (Å²) in [7, 11) is 0. The van der Waals surface area contributed by atoms with Crippen LogP contribution in [0.2, 0.25) is 0 Å². The smallest absolute Gasteiger partial charge is 0.128 e. The van der Waals surface area contributed by atoms with E-state index in [0.717, 1.165) is 16.2 Å². The first-order valence-corrected chi connectivity index (χ1v) is 6.02. The first-order chi connectivity index (χ1) is 8.67. The van der Waals surface area contributed by atoms with Gasteiger partial charge in [-0.3, -0.25) is 0 Å². The first kappa shape index (κ1) is 14.3. The number of nitrogens with one attached hydrogen (secondary N) is 1. The highest BCUT2D eigenvalue weighted by atomic mass is 16.5. The lowest BCUT2D eigenvalue weighted by atomic mass is 10.2. The lowest BCUT2D eigenvalue weighted by Crippen LogP contribution is -3.11. The number of carboxylic acids is 1. The normalized spacial score (nSPS) is 11.8. The van der Waals surface area contributed by atoms with Crippen LogP contribution in [0.1, 0.15) is 12.5 Å². The summed E-state index contributed by atoms with van der Waals surface area (Å²) >= 11 is 0. The summed E-state index contributed by atoms with van der Waals surface area (Å²) in [6.45, 7) is 7.28. The molecule has 0 aromatic heterocycles. The summed E-state index contributed by atoms with van der Waals surface area (Å²) in [5.41, 5.74) is 0.998. The molecular weight excluding hydrogens is 230 g/mol. The second kappa shape index (κ2) is 7.50. The summed E-state index contributed by atoms with van der Waals surface area (Å²) < 4.78 is 5.52. The zero-order valence-corrected chi connectivity index (χ0v) is 10.6. The topological polar surface area (TPSA) is 53.8 Å². The molecule has 1 aromatic rings. The monoisotopic (exact) mass is 249 g/mol. The van der Waals surface area contributed by atoms with Gasteiger partial charge < -0.3 is 19.5 Å². The second-order valence-electron chi connectivity index (χ2n) is 4.01. The second-order valence-corrected chi connectivity index (χ2v) is 4.01. The molecule has 1 rings (SSSR count). The third-order valence-corrected chi connectivity index (χ3v) is 2.54. The largest absolute Gasteiger partial charge is 0.544 e. The van der Waals surface area contributed by atoms with Gasteiger partial charge in [0.25, 0.3) is 0 Å². The van der Waals surface area contributed by atoms with Crippen LogP contribution in [0.3, 0.4) is 0 Å². The molecule has 0 amide bonds. The zero-order valence-electron chi connectivity index (χ0n) is 10.6. The number of carbonyl (C=O) groups excluding carboxylic acids is 1. The van der Waals surface area contributed by atoms with Gasteiger partial charge in [-0.05, 0) is 25.1 Å². The van der Waals surface area contributed by atoms with Crippen molar-refractivity contribution in [2.24, 2.45) is 0 Å². The summed E-state index contributed by atoms with van der Waals surface area (Å²) in [6.07, 6.45) is 1.71. The minimum absolute atomic E-state index is 0.0352. The number of quaternary nitrogens is 1. The molecule has 0 spiro atoms. The number of carbonyl (C=O) groups is 1.